The summed E-state index contributed by atoms with van der Waals surface area (Å²) in [4.78, 5) is 7.97. The Bertz CT molecular complexity index is 733. The number of halogens is 1. The van der Waals surface area contributed by atoms with E-state index in [0.29, 0.717) is 0 Å². The minimum atomic E-state index is 0.755. The zero-order chi connectivity index (χ0) is 13.6. The summed E-state index contributed by atoms with van der Waals surface area (Å²) in [6.45, 7) is 6.22. The van der Waals surface area contributed by atoms with Crippen LogP contribution in [0.25, 0.3) is 22.4 Å². The van der Waals surface area contributed by atoms with Crippen molar-refractivity contribution in [1.82, 2.24) is 9.97 Å². The first-order valence-electron chi connectivity index (χ1n) is 6.28. The molecule has 0 aliphatic rings. The number of nitrogens with zero attached hydrogens (tertiary/aromatic N) is 1. The Kier molecular flexibility index (Phi) is 2.83. The molecule has 0 radical (unpaired) electrons. The Labute approximate surface area is 117 Å². The van der Waals surface area contributed by atoms with Gasteiger partial charge < -0.3 is 4.98 Å². The number of nitrogens with one attached hydrogen (secondary N) is 1. The van der Waals surface area contributed by atoms with Crippen molar-refractivity contribution in [1.29, 1.82) is 0 Å². The molecular weight excluding hydrogens is 256 g/mol. The smallest absolute Gasteiger partial charge is 0.138 e. The second-order valence-corrected chi connectivity index (χ2v) is 5.41. The van der Waals surface area contributed by atoms with Gasteiger partial charge in [0, 0.05) is 10.6 Å². The zero-order valence-electron chi connectivity index (χ0n) is 11.2. The number of aromatic amines is 1. The van der Waals surface area contributed by atoms with E-state index in [0.717, 1.165) is 33.0 Å². The fraction of sp³-hybridized carbons (Fsp3) is 0.188. The van der Waals surface area contributed by atoms with E-state index >= 15 is 0 Å². The van der Waals surface area contributed by atoms with E-state index in [4.69, 9.17) is 11.6 Å². The summed E-state index contributed by atoms with van der Waals surface area (Å²) in [6.07, 6.45) is 0. The van der Waals surface area contributed by atoms with E-state index in [1.54, 1.807) is 0 Å². The van der Waals surface area contributed by atoms with Gasteiger partial charge in [-0.25, -0.2) is 4.98 Å². The van der Waals surface area contributed by atoms with Gasteiger partial charge in [-0.15, -0.1) is 0 Å². The molecule has 0 saturated heterocycles. The molecule has 0 spiro atoms. The lowest BCUT2D eigenvalue weighted by molar-refractivity contribution is 1.29. The number of hydrogen-bond acceptors (Lipinski definition) is 1. The maximum atomic E-state index is 6.14. The van der Waals surface area contributed by atoms with Crippen LogP contribution in [0.4, 0.5) is 0 Å². The van der Waals surface area contributed by atoms with Crippen LogP contribution in [0.3, 0.4) is 0 Å². The van der Waals surface area contributed by atoms with Crippen LogP contribution < -0.4 is 0 Å². The van der Waals surface area contributed by atoms with E-state index in [2.05, 4.69) is 42.0 Å². The lowest BCUT2D eigenvalue weighted by atomic mass is 10.1. The molecule has 96 valence electrons. The highest BCUT2D eigenvalue weighted by molar-refractivity contribution is 6.32. The number of aromatic nitrogens is 2. The Hall–Kier alpha value is -1.80. The standard InChI is InChI=1S/C16H15ClN2/c1-9-4-5-12(6-10(9)2)16-18-14-7-11(3)13(17)8-15(14)19-16/h4-8H,1-3H3,(H,18,19). The summed E-state index contributed by atoms with van der Waals surface area (Å²) < 4.78 is 0. The fourth-order valence-corrected chi connectivity index (χ4v) is 2.32. The summed E-state index contributed by atoms with van der Waals surface area (Å²) >= 11 is 6.14. The van der Waals surface area contributed by atoms with Crippen LogP contribution in [-0.2, 0) is 0 Å². The van der Waals surface area contributed by atoms with E-state index in [9.17, 15) is 0 Å². The highest BCUT2D eigenvalue weighted by atomic mass is 35.5. The molecular formula is C16H15ClN2. The van der Waals surface area contributed by atoms with Gasteiger partial charge in [0.1, 0.15) is 5.82 Å². The summed E-state index contributed by atoms with van der Waals surface area (Å²) in [6, 6.07) is 10.3. The maximum absolute atomic E-state index is 6.14. The molecule has 0 bridgehead atoms. The van der Waals surface area contributed by atoms with Crippen molar-refractivity contribution >= 4 is 22.6 Å². The monoisotopic (exact) mass is 270 g/mol. The van der Waals surface area contributed by atoms with Gasteiger partial charge in [0.25, 0.3) is 0 Å². The average molecular weight is 271 g/mol. The van der Waals surface area contributed by atoms with Crippen molar-refractivity contribution in [3.63, 3.8) is 0 Å². The number of H-pyrrole nitrogens is 1. The van der Waals surface area contributed by atoms with Gasteiger partial charge in [-0.2, -0.15) is 0 Å². The molecule has 0 aliphatic carbocycles. The predicted molar refractivity (Wildman–Crippen MR) is 80.8 cm³/mol. The number of imidazole rings is 1. The molecule has 0 unspecified atom stereocenters. The molecule has 0 atom stereocenters. The largest absolute Gasteiger partial charge is 0.338 e. The number of fused-ring (bicyclic) bond motifs is 1. The molecule has 2 aromatic carbocycles. The summed E-state index contributed by atoms with van der Waals surface area (Å²) in [5.41, 5.74) is 6.66. The van der Waals surface area contributed by atoms with Gasteiger partial charge >= 0.3 is 0 Å². The third-order valence-corrected chi connectivity index (χ3v) is 3.95. The van der Waals surface area contributed by atoms with Crippen LogP contribution in [-0.4, -0.2) is 9.97 Å². The van der Waals surface area contributed by atoms with Crippen molar-refractivity contribution in [2.75, 3.05) is 0 Å². The molecule has 2 nitrogen and oxygen atoms in total. The lowest BCUT2D eigenvalue weighted by Crippen LogP contribution is -1.84. The lowest BCUT2D eigenvalue weighted by Gasteiger charge is -2.02. The van der Waals surface area contributed by atoms with Gasteiger partial charge in [-0.3, -0.25) is 0 Å². The van der Waals surface area contributed by atoms with E-state index < -0.39 is 0 Å². The Morgan fingerprint density at radius 2 is 1.74 bits per heavy atom. The maximum Gasteiger partial charge on any atom is 0.138 e. The fourth-order valence-electron chi connectivity index (χ4n) is 2.17. The first-order chi connectivity index (χ1) is 9.04. The van der Waals surface area contributed by atoms with Gasteiger partial charge in [0.15, 0.2) is 0 Å². The van der Waals surface area contributed by atoms with Crippen LogP contribution in [0.1, 0.15) is 16.7 Å². The molecule has 0 amide bonds. The molecule has 0 aliphatic heterocycles. The zero-order valence-corrected chi connectivity index (χ0v) is 12.0. The summed E-state index contributed by atoms with van der Waals surface area (Å²) in [7, 11) is 0. The Balaban J connectivity index is 2.17. The molecule has 3 rings (SSSR count). The highest BCUT2D eigenvalue weighted by Crippen LogP contribution is 2.26. The SMILES string of the molecule is Cc1ccc(-c2nc3cc(Cl)c(C)cc3[nH]2)cc1C. The van der Waals surface area contributed by atoms with E-state index in [-0.39, 0.29) is 0 Å². The molecule has 0 fully saturated rings. The van der Waals surface area contributed by atoms with Crippen LogP contribution in [0.15, 0.2) is 30.3 Å². The van der Waals surface area contributed by atoms with Gasteiger partial charge in [-0.05, 0) is 55.7 Å². The van der Waals surface area contributed by atoms with E-state index in [1.807, 2.05) is 19.1 Å². The number of hydrogen-bond donors (Lipinski definition) is 1. The normalized spacial score (nSPS) is 11.2. The minimum Gasteiger partial charge on any atom is -0.338 e. The third-order valence-electron chi connectivity index (χ3n) is 3.54. The van der Waals surface area contributed by atoms with Crippen molar-refractivity contribution in [3.8, 4) is 11.4 Å². The second kappa shape index (κ2) is 4.39. The van der Waals surface area contributed by atoms with Crippen molar-refractivity contribution < 1.29 is 0 Å². The second-order valence-electron chi connectivity index (χ2n) is 5.00. The van der Waals surface area contributed by atoms with Crippen LogP contribution >= 0.6 is 11.6 Å². The highest BCUT2D eigenvalue weighted by Gasteiger charge is 2.08. The molecule has 3 aromatic rings. The van der Waals surface area contributed by atoms with Crippen molar-refractivity contribution in [2.45, 2.75) is 20.8 Å². The molecule has 1 aromatic heterocycles. The molecule has 1 heterocycles. The first-order valence-corrected chi connectivity index (χ1v) is 6.66. The molecule has 3 heteroatoms. The van der Waals surface area contributed by atoms with Crippen LogP contribution in [0, 0.1) is 20.8 Å². The van der Waals surface area contributed by atoms with Gasteiger partial charge in [0.2, 0.25) is 0 Å². The Morgan fingerprint density at radius 1 is 0.947 bits per heavy atom. The number of rotatable bonds is 1. The van der Waals surface area contributed by atoms with Crippen molar-refractivity contribution in [2.24, 2.45) is 0 Å². The van der Waals surface area contributed by atoms with Gasteiger partial charge in [-0.1, -0.05) is 23.7 Å². The predicted octanol–water partition coefficient (Wildman–Crippen LogP) is 4.81. The van der Waals surface area contributed by atoms with E-state index in [1.165, 1.54) is 11.1 Å². The summed E-state index contributed by atoms with van der Waals surface area (Å²) in [5.74, 6) is 0.889. The number of aryl methyl sites for hydroxylation is 3. The topological polar surface area (TPSA) is 28.7 Å². The summed E-state index contributed by atoms with van der Waals surface area (Å²) in [5, 5.41) is 0.755. The minimum absolute atomic E-state index is 0.755. The molecule has 19 heavy (non-hydrogen) atoms. The third kappa shape index (κ3) is 2.13. The van der Waals surface area contributed by atoms with Crippen molar-refractivity contribution in [3.05, 3.63) is 52.0 Å². The molecule has 0 saturated carbocycles. The molecule has 1 N–H and O–H groups in total. The average Bonchev–Trinajstić information content (AvgIpc) is 2.76. The van der Waals surface area contributed by atoms with Gasteiger partial charge in [0.05, 0.1) is 11.0 Å². The number of benzene rings is 2. The van der Waals surface area contributed by atoms with Crippen LogP contribution in [0.5, 0.6) is 0 Å². The van der Waals surface area contributed by atoms with Crippen LogP contribution in [0.2, 0.25) is 5.02 Å². The first kappa shape index (κ1) is 12.2. The Morgan fingerprint density at radius 3 is 2.47 bits per heavy atom. The quantitative estimate of drug-likeness (QED) is 0.675.